The second-order valence-electron chi connectivity index (χ2n) is 5.25. The molecule has 0 aromatic heterocycles. The van der Waals surface area contributed by atoms with Crippen molar-refractivity contribution in [3.63, 3.8) is 0 Å². The number of hydrogen-bond acceptors (Lipinski definition) is 4. The van der Waals surface area contributed by atoms with Crippen LogP contribution in [0.3, 0.4) is 0 Å². The highest BCUT2D eigenvalue weighted by molar-refractivity contribution is 6.30. The first kappa shape index (κ1) is 15.3. The fourth-order valence-corrected chi connectivity index (χ4v) is 2.95. The molecule has 1 fully saturated rings. The van der Waals surface area contributed by atoms with Crippen molar-refractivity contribution in [1.82, 2.24) is 4.90 Å². The van der Waals surface area contributed by atoms with Gasteiger partial charge in [-0.2, -0.15) is 0 Å². The maximum absolute atomic E-state index is 11.6. The zero-order chi connectivity index (χ0) is 14.5. The zero-order valence-electron chi connectivity index (χ0n) is 11.7. The highest BCUT2D eigenvalue weighted by Gasteiger charge is 2.27. The smallest absolute Gasteiger partial charge is 0.320 e. The molecule has 0 radical (unpaired) electrons. The molecular weight excluding hydrogens is 276 g/mol. The number of nitrogens with zero attached hydrogens (tertiary/aromatic N) is 1. The Hall–Kier alpha value is -1.10. The predicted molar refractivity (Wildman–Crippen MR) is 79.9 cm³/mol. The van der Waals surface area contributed by atoms with E-state index in [1.54, 1.807) is 0 Å². The van der Waals surface area contributed by atoms with E-state index in [2.05, 4.69) is 11.0 Å². The molecule has 5 heteroatoms. The van der Waals surface area contributed by atoms with Crippen LogP contribution in [0.5, 0.6) is 0 Å². The summed E-state index contributed by atoms with van der Waals surface area (Å²) in [6.45, 7) is 4.08. The molecule has 2 N–H and O–H groups in total. The summed E-state index contributed by atoms with van der Waals surface area (Å²) in [5.41, 5.74) is 7.30. The molecule has 1 saturated heterocycles. The van der Waals surface area contributed by atoms with E-state index in [-0.39, 0.29) is 12.0 Å². The predicted octanol–water partition coefficient (Wildman–Crippen LogP) is 2.02. The Morgan fingerprint density at radius 3 is 3.00 bits per heavy atom. The Balaban J connectivity index is 2.02. The summed E-state index contributed by atoms with van der Waals surface area (Å²) in [4.78, 5) is 13.7. The van der Waals surface area contributed by atoms with Gasteiger partial charge in [-0.1, -0.05) is 23.7 Å². The molecule has 0 spiro atoms. The summed E-state index contributed by atoms with van der Waals surface area (Å²) in [6, 6.07) is 7.93. The SMILES string of the molecule is CCOC(=O)CN1CC(N)CC(c2cccc(Cl)c2)C1. The lowest BCUT2D eigenvalue weighted by Crippen LogP contribution is -2.48. The zero-order valence-corrected chi connectivity index (χ0v) is 12.5. The van der Waals surface area contributed by atoms with Gasteiger partial charge in [-0.05, 0) is 37.0 Å². The van der Waals surface area contributed by atoms with Crippen molar-refractivity contribution in [3.8, 4) is 0 Å². The Morgan fingerprint density at radius 1 is 1.50 bits per heavy atom. The van der Waals surface area contributed by atoms with E-state index in [4.69, 9.17) is 22.1 Å². The van der Waals surface area contributed by atoms with E-state index < -0.39 is 0 Å². The summed E-state index contributed by atoms with van der Waals surface area (Å²) in [6.07, 6.45) is 0.916. The quantitative estimate of drug-likeness (QED) is 0.864. The number of carbonyl (C=O) groups excluding carboxylic acids is 1. The van der Waals surface area contributed by atoms with Crippen molar-refractivity contribution < 1.29 is 9.53 Å². The van der Waals surface area contributed by atoms with Gasteiger partial charge in [0.25, 0.3) is 0 Å². The first-order valence-electron chi connectivity index (χ1n) is 6.97. The van der Waals surface area contributed by atoms with Gasteiger partial charge in [0.15, 0.2) is 0 Å². The number of rotatable bonds is 4. The van der Waals surface area contributed by atoms with Crippen LogP contribution >= 0.6 is 11.6 Å². The molecule has 2 unspecified atom stereocenters. The van der Waals surface area contributed by atoms with E-state index in [0.717, 1.165) is 24.5 Å². The van der Waals surface area contributed by atoms with Gasteiger partial charge in [-0.3, -0.25) is 9.69 Å². The molecule has 0 saturated carbocycles. The maximum atomic E-state index is 11.6. The lowest BCUT2D eigenvalue weighted by molar-refractivity contribution is -0.144. The van der Waals surface area contributed by atoms with Crippen LogP contribution in [0.25, 0.3) is 0 Å². The minimum absolute atomic E-state index is 0.0714. The molecule has 1 aromatic rings. The Labute approximate surface area is 124 Å². The van der Waals surface area contributed by atoms with Gasteiger partial charge >= 0.3 is 5.97 Å². The van der Waals surface area contributed by atoms with E-state index in [1.807, 2.05) is 25.1 Å². The number of esters is 1. The van der Waals surface area contributed by atoms with Crippen LogP contribution < -0.4 is 5.73 Å². The van der Waals surface area contributed by atoms with Crippen LogP contribution in [0.1, 0.15) is 24.8 Å². The number of likely N-dealkylation sites (tertiary alicyclic amines) is 1. The molecule has 2 atom stereocenters. The van der Waals surface area contributed by atoms with Crippen LogP contribution in [0.15, 0.2) is 24.3 Å². The fourth-order valence-electron chi connectivity index (χ4n) is 2.75. The molecule has 0 aliphatic carbocycles. The largest absolute Gasteiger partial charge is 0.465 e. The second-order valence-corrected chi connectivity index (χ2v) is 5.68. The van der Waals surface area contributed by atoms with E-state index >= 15 is 0 Å². The highest BCUT2D eigenvalue weighted by Crippen LogP contribution is 2.28. The third-order valence-corrected chi connectivity index (χ3v) is 3.77. The molecule has 1 aliphatic heterocycles. The standard InChI is InChI=1S/C15H21ClN2O2/c1-2-20-15(19)10-18-8-12(7-14(17)9-18)11-4-3-5-13(16)6-11/h3-6,12,14H,2,7-10,17H2,1H3. The van der Waals surface area contributed by atoms with Crippen molar-refractivity contribution in [2.45, 2.75) is 25.3 Å². The molecule has 1 aromatic carbocycles. The van der Waals surface area contributed by atoms with Crippen molar-refractivity contribution in [1.29, 1.82) is 0 Å². The molecule has 110 valence electrons. The summed E-state index contributed by atoms with van der Waals surface area (Å²) in [7, 11) is 0. The van der Waals surface area contributed by atoms with Gasteiger partial charge in [0, 0.05) is 24.2 Å². The summed E-state index contributed by atoms with van der Waals surface area (Å²) in [5.74, 6) is 0.123. The monoisotopic (exact) mass is 296 g/mol. The van der Waals surface area contributed by atoms with Crippen molar-refractivity contribution in [3.05, 3.63) is 34.9 Å². The summed E-state index contributed by atoms with van der Waals surface area (Å²) < 4.78 is 5.00. The third-order valence-electron chi connectivity index (χ3n) is 3.54. The number of piperidine rings is 1. The number of carbonyl (C=O) groups is 1. The van der Waals surface area contributed by atoms with Gasteiger partial charge in [-0.15, -0.1) is 0 Å². The third kappa shape index (κ3) is 4.20. The van der Waals surface area contributed by atoms with Crippen LogP contribution in [0.2, 0.25) is 5.02 Å². The topological polar surface area (TPSA) is 55.6 Å². The average Bonchev–Trinajstić information content (AvgIpc) is 2.38. The van der Waals surface area contributed by atoms with Crippen molar-refractivity contribution in [2.24, 2.45) is 5.73 Å². The first-order valence-corrected chi connectivity index (χ1v) is 7.35. The number of halogens is 1. The van der Waals surface area contributed by atoms with Crippen LogP contribution in [-0.2, 0) is 9.53 Å². The Kier molecular flexibility index (Phi) is 5.40. The molecule has 0 bridgehead atoms. The number of nitrogens with two attached hydrogens (primary N) is 1. The fraction of sp³-hybridized carbons (Fsp3) is 0.533. The molecule has 0 amide bonds. The maximum Gasteiger partial charge on any atom is 0.320 e. The van der Waals surface area contributed by atoms with E-state index in [0.29, 0.717) is 19.1 Å². The van der Waals surface area contributed by atoms with Gasteiger partial charge in [0.05, 0.1) is 13.2 Å². The number of hydrogen-bond donors (Lipinski definition) is 1. The second kappa shape index (κ2) is 7.07. The van der Waals surface area contributed by atoms with Crippen molar-refractivity contribution >= 4 is 17.6 Å². The Bertz CT molecular complexity index is 467. The van der Waals surface area contributed by atoms with E-state index in [1.165, 1.54) is 5.56 Å². The average molecular weight is 297 g/mol. The van der Waals surface area contributed by atoms with Crippen molar-refractivity contribution in [2.75, 3.05) is 26.2 Å². The molecule has 1 heterocycles. The number of ether oxygens (including phenoxy) is 1. The highest BCUT2D eigenvalue weighted by atomic mass is 35.5. The van der Waals surface area contributed by atoms with E-state index in [9.17, 15) is 4.79 Å². The summed E-state index contributed by atoms with van der Waals surface area (Å²) in [5, 5.41) is 0.735. The molecule has 20 heavy (non-hydrogen) atoms. The minimum atomic E-state index is -0.188. The van der Waals surface area contributed by atoms with Gasteiger partial charge in [-0.25, -0.2) is 0 Å². The van der Waals surface area contributed by atoms with Crippen LogP contribution in [-0.4, -0.2) is 43.2 Å². The van der Waals surface area contributed by atoms with Crippen LogP contribution in [0, 0.1) is 0 Å². The van der Waals surface area contributed by atoms with Gasteiger partial charge < -0.3 is 10.5 Å². The first-order chi connectivity index (χ1) is 9.58. The van der Waals surface area contributed by atoms with Gasteiger partial charge in [0.1, 0.15) is 0 Å². The lowest BCUT2D eigenvalue weighted by Gasteiger charge is -2.36. The van der Waals surface area contributed by atoms with Crippen LogP contribution in [0.4, 0.5) is 0 Å². The normalized spacial score (nSPS) is 23.6. The number of benzene rings is 1. The molecule has 4 nitrogen and oxygen atoms in total. The Morgan fingerprint density at radius 2 is 2.30 bits per heavy atom. The van der Waals surface area contributed by atoms with Gasteiger partial charge in [0.2, 0.25) is 0 Å². The molecular formula is C15H21ClN2O2. The minimum Gasteiger partial charge on any atom is -0.465 e. The lowest BCUT2D eigenvalue weighted by atomic mass is 9.88. The molecule has 2 rings (SSSR count). The summed E-state index contributed by atoms with van der Waals surface area (Å²) >= 11 is 6.04. The molecule has 1 aliphatic rings.